The molecule has 1 heterocycles. The summed E-state index contributed by atoms with van der Waals surface area (Å²) in [5, 5.41) is 20.7. The molecule has 0 aromatic rings. The van der Waals surface area contributed by atoms with Gasteiger partial charge in [-0.15, -0.1) is 11.8 Å². The second kappa shape index (κ2) is 6.94. The number of carboxylic acid groups (broad SMARTS) is 1. The van der Waals surface area contributed by atoms with Crippen LogP contribution in [0.2, 0.25) is 0 Å². The Bertz CT molecular complexity index is 399. The summed E-state index contributed by atoms with van der Waals surface area (Å²) in [4.78, 5) is 36.1. The van der Waals surface area contributed by atoms with Crippen molar-refractivity contribution in [2.24, 2.45) is 0 Å². The highest BCUT2D eigenvalue weighted by molar-refractivity contribution is 7.99. The lowest BCUT2D eigenvalue weighted by Crippen LogP contribution is -2.52. The molecule has 1 rings (SSSR count). The van der Waals surface area contributed by atoms with Gasteiger partial charge in [0.15, 0.2) is 5.60 Å². The molecule has 8 heteroatoms. The van der Waals surface area contributed by atoms with Crippen LogP contribution in [0.4, 0.5) is 0 Å². The van der Waals surface area contributed by atoms with E-state index in [4.69, 9.17) is 5.11 Å². The van der Waals surface area contributed by atoms with Crippen LogP contribution in [0.25, 0.3) is 0 Å². The summed E-state index contributed by atoms with van der Waals surface area (Å²) in [5.74, 6) is -0.968. The van der Waals surface area contributed by atoms with E-state index in [9.17, 15) is 19.5 Å². The molecule has 7 nitrogen and oxygen atoms in total. The van der Waals surface area contributed by atoms with Crippen molar-refractivity contribution in [1.82, 2.24) is 10.2 Å². The number of aliphatic carboxylic acids is 1. The zero-order valence-corrected chi connectivity index (χ0v) is 12.4. The summed E-state index contributed by atoms with van der Waals surface area (Å²) < 4.78 is 0. The molecule has 2 atom stereocenters. The topological polar surface area (TPSA) is 107 Å². The summed E-state index contributed by atoms with van der Waals surface area (Å²) in [5.41, 5.74) is -2.01. The van der Waals surface area contributed by atoms with Gasteiger partial charge < -0.3 is 20.4 Å². The zero-order chi connectivity index (χ0) is 15.3. The molecule has 1 fully saturated rings. The zero-order valence-electron chi connectivity index (χ0n) is 11.6. The van der Waals surface area contributed by atoms with Crippen LogP contribution in [0.5, 0.6) is 0 Å². The summed E-state index contributed by atoms with van der Waals surface area (Å²) in [6.45, 7) is 2.61. The third kappa shape index (κ3) is 4.11. The van der Waals surface area contributed by atoms with E-state index < -0.39 is 30.1 Å². The van der Waals surface area contributed by atoms with Crippen molar-refractivity contribution in [1.29, 1.82) is 0 Å². The predicted molar refractivity (Wildman–Crippen MR) is 74.1 cm³/mol. The van der Waals surface area contributed by atoms with Gasteiger partial charge in [0, 0.05) is 12.2 Å². The number of nitrogens with one attached hydrogen (secondary N) is 1. The smallest absolute Gasteiger partial charge is 0.337 e. The number of carbonyl (C=O) groups excluding carboxylic acids is 2. The molecule has 0 spiro atoms. The van der Waals surface area contributed by atoms with Crippen LogP contribution in [-0.4, -0.2) is 62.7 Å². The fourth-order valence-corrected chi connectivity index (χ4v) is 2.90. The van der Waals surface area contributed by atoms with Gasteiger partial charge in [0.05, 0.1) is 12.4 Å². The van der Waals surface area contributed by atoms with Crippen molar-refractivity contribution < 1.29 is 24.6 Å². The van der Waals surface area contributed by atoms with Gasteiger partial charge in [-0.05, 0) is 13.3 Å². The quantitative estimate of drug-likeness (QED) is 0.618. The number of hydrogen-bond donors (Lipinski definition) is 3. The Morgan fingerprint density at radius 3 is 2.65 bits per heavy atom. The molecular weight excluding hydrogens is 284 g/mol. The van der Waals surface area contributed by atoms with E-state index in [-0.39, 0.29) is 5.91 Å². The SMILES string of the molecule is CCCC(=O)N1CSCC1C(=O)NCC(C)(O)C(=O)O. The van der Waals surface area contributed by atoms with E-state index in [1.807, 2.05) is 6.92 Å². The summed E-state index contributed by atoms with van der Waals surface area (Å²) in [7, 11) is 0. The molecule has 0 radical (unpaired) electrons. The number of aliphatic hydroxyl groups is 1. The maximum Gasteiger partial charge on any atom is 0.337 e. The van der Waals surface area contributed by atoms with Gasteiger partial charge in [-0.2, -0.15) is 0 Å². The van der Waals surface area contributed by atoms with Crippen LogP contribution in [0.3, 0.4) is 0 Å². The van der Waals surface area contributed by atoms with E-state index in [0.29, 0.717) is 24.5 Å². The molecule has 1 aliphatic heterocycles. The minimum absolute atomic E-state index is 0.0809. The number of amides is 2. The van der Waals surface area contributed by atoms with Crippen LogP contribution >= 0.6 is 11.8 Å². The summed E-state index contributed by atoms with van der Waals surface area (Å²) >= 11 is 1.48. The minimum atomic E-state index is -2.01. The predicted octanol–water partition coefficient (Wildman–Crippen LogP) is -0.360. The Morgan fingerprint density at radius 1 is 1.45 bits per heavy atom. The van der Waals surface area contributed by atoms with E-state index in [1.165, 1.54) is 16.7 Å². The van der Waals surface area contributed by atoms with E-state index in [2.05, 4.69) is 5.32 Å². The molecule has 1 aliphatic rings. The fraction of sp³-hybridized carbons (Fsp3) is 0.750. The van der Waals surface area contributed by atoms with E-state index in [1.54, 1.807) is 0 Å². The highest BCUT2D eigenvalue weighted by Gasteiger charge is 2.36. The van der Waals surface area contributed by atoms with Gasteiger partial charge in [-0.3, -0.25) is 9.59 Å². The monoisotopic (exact) mass is 304 g/mol. The Labute approximate surface area is 121 Å². The van der Waals surface area contributed by atoms with Gasteiger partial charge in [0.1, 0.15) is 6.04 Å². The molecule has 0 bridgehead atoms. The molecule has 0 aromatic heterocycles. The lowest BCUT2D eigenvalue weighted by atomic mass is 10.1. The molecule has 20 heavy (non-hydrogen) atoms. The first-order chi connectivity index (χ1) is 9.29. The first-order valence-corrected chi connectivity index (χ1v) is 7.55. The van der Waals surface area contributed by atoms with Crippen LogP contribution < -0.4 is 5.32 Å². The standard InChI is InChI=1S/C12H20N2O5S/c1-3-4-9(15)14-7-20-5-8(14)10(16)13-6-12(2,19)11(17)18/h8,19H,3-7H2,1-2H3,(H,13,16)(H,17,18). The molecule has 2 amide bonds. The van der Waals surface area contributed by atoms with Crippen LogP contribution in [-0.2, 0) is 14.4 Å². The first-order valence-electron chi connectivity index (χ1n) is 6.40. The lowest BCUT2D eigenvalue weighted by molar-refractivity contribution is -0.156. The van der Waals surface area contributed by atoms with Crippen LogP contribution in [0, 0.1) is 0 Å². The molecule has 2 unspecified atom stereocenters. The fourth-order valence-electron chi connectivity index (χ4n) is 1.72. The van der Waals surface area contributed by atoms with Crippen molar-refractivity contribution >= 4 is 29.5 Å². The third-order valence-electron chi connectivity index (χ3n) is 3.04. The van der Waals surface area contributed by atoms with E-state index in [0.717, 1.165) is 6.92 Å². The summed E-state index contributed by atoms with van der Waals surface area (Å²) in [6.07, 6.45) is 1.10. The molecule has 0 aliphatic carbocycles. The van der Waals surface area contributed by atoms with E-state index >= 15 is 0 Å². The number of rotatable bonds is 6. The number of carboxylic acids is 1. The molecule has 3 N–H and O–H groups in total. The van der Waals surface area contributed by atoms with Crippen molar-refractivity contribution in [3.8, 4) is 0 Å². The molecule has 1 saturated heterocycles. The molecule has 114 valence electrons. The maximum absolute atomic E-state index is 12.0. The van der Waals surface area contributed by atoms with Gasteiger partial charge in [0.2, 0.25) is 11.8 Å². The molecule has 0 aromatic carbocycles. The van der Waals surface area contributed by atoms with Crippen molar-refractivity contribution in [2.45, 2.75) is 38.3 Å². The molecular formula is C12H20N2O5S. The van der Waals surface area contributed by atoms with Crippen molar-refractivity contribution in [2.75, 3.05) is 18.2 Å². The Kier molecular flexibility index (Phi) is 5.82. The number of hydrogen-bond acceptors (Lipinski definition) is 5. The largest absolute Gasteiger partial charge is 0.479 e. The van der Waals surface area contributed by atoms with Gasteiger partial charge >= 0.3 is 5.97 Å². The Morgan fingerprint density at radius 2 is 2.10 bits per heavy atom. The molecule has 0 saturated carbocycles. The third-order valence-corrected chi connectivity index (χ3v) is 4.05. The first kappa shape index (κ1) is 16.8. The average molecular weight is 304 g/mol. The van der Waals surface area contributed by atoms with Gasteiger partial charge in [0.25, 0.3) is 0 Å². The second-order valence-corrected chi connectivity index (χ2v) is 5.93. The maximum atomic E-state index is 12.0. The van der Waals surface area contributed by atoms with Gasteiger partial charge in [-0.25, -0.2) is 4.79 Å². The van der Waals surface area contributed by atoms with Crippen molar-refractivity contribution in [3.63, 3.8) is 0 Å². The Balaban J connectivity index is 2.58. The minimum Gasteiger partial charge on any atom is -0.479 e. The van der Waals surface area contributed by atoms with Crippen LogP contribution in [0.1, 0.15) is 26.7 Å². The highest BCUT2D eigenvalue weighted by Crippen LogP contribution is 2.22. The normalized spacial score (nSPS) is 21.4. The van der Waals surface area contributed by atoms with Crippen molar-refractivity contribution in [3.05, 3.63) is 0 Å². The Hall–Kier alpha value is -1.28. The number of carbonyl (C=O) groups is 3. The highest BCUT2D eigenvalue weighted by atomic mass is 32.2. The van der Waals surface area contributed by atoms with Crippen LogP contribution in [0.15, 0.2) is 0 Å². The number of nitrogens with zero attached hydrogens (tertiary/aromatic N) is 1. The van der Waals surface area contributed by atoms with Gasteiger partial charge in [-0.1, -0.05) is 6.92 Å². The number of thioether (sulfide) groups is 1. The second-order valence-electron chi connectivity index (χ2n) is 4.93. The lowest BCUT2D eigenvalue weighted by Gasteiger charge is -2.25. The summed E-state index contributed by atoms with van der Waals surface area (Å²) in [6, 6.07) is -0.594. The average Bonchev–Trinajstić information content (AvgIpc) is 2.85.